The molecule has 0 saturated heterocycles. The van der Waals surface area contributed by atoms with Crippen LogP contribution in [0.15, 0.2) is 6.07 Å². The Balaban J connectivity index is 3.37. The maximum atomic E-state index is 5.71. The van der Waals surface area contributed by atoms with Crippen LogP contribution in [-0.4, -0.2) is 4.98 Å². The van der Waals surface area contributed by atoms with Crippen molar-refractivity contribution in [3.63, 3.8) is 0 Å². The fraction of sp³-hybridized carbons (Fsp3) is 0.545. The molecule has 0 saturated carbocycles. The summed E-state index contributed by atoms with van der Waals surface area (Å²) in [4.78, 5) is 4.38. The first kappa shape index (κ1) is 10.0. The monoisotopic (exact) mass is 178 g/mol. The van der Waals surface area contributed by atoms with Gasteiger partial charge in [-0.15, -0.1) is 0 Å². The van der Waals surface area contributed by atoms with Crippen molar-refractivity contribution < 1.29 is 0 Å². The molecular weight excluding hydrogens is 160 g/mol. The second-order valence-corrected chi connectivity index (χ2v) is 4.59. The van der Waals surface area contributed by atoms with Crippen LogP contribution < -0.4 is 5.73 Å². The molecule has 0 unspecified atom stereocenters. The van der Waals surface area contributed by atoms with Gasteiger partial charge in [-0.05, 0) is 31.0 Å². The Bertz CT molecular complexity index is 322. The normalized spacial score (nSPS) is 11.8. The molecule has 0 atom stereocenters. The van der Waals surface area contributed by atoms with Crippen molar-refractivity contribution in [2.75, 3.05) is 5.73 Å². The Hall–Kier alpha value is -1.05. The number of nitrogen functional groups attached to an aromatic ring is 1. The van der Waals surface area contributed by atoms with Crippen LogP contribution >= 0.6 is 0 Å². The molecule has 2 heteroatoms. The molecular formula is C11H18N2. The molecule has 0 bridgehead atoms. The highest BCUT2D eigenvalue weighted by Gasteiger charge is 2.19. The van der Waals surface area contributed by atoms with E-state index >= 15 is 0 Å². The summed E-state index contributed by atoms with van der Waals surface area (Å²) in [6.07, 6.45) is 0. The molecule has 1 heterocycles. The van der Waals surface area contributed by atoms with E-state index in [9.17, 15) is 0 Å². The summed E-state index contributed by atoms with van der Waals surface area (Å²) in [5.74, 6) is 0.619. The molecule has 0 amide bonds. The molecule has 0 aliphatic rings. The zero-order valence-corrected chi connectivity index (χ0v) is 9.10. The van der Waals surface area contributed by atoms with E-state index in [0.717, 1.165) is 5.69 Å². The highest BCUT2D eigenvalue weighted by molar-refractivity contribution is 5.42. The fourth-order valence-electron chi connectivity index (χ4n) is 1.49. The van der Waals surface area contributed by atoms with Crippen molar-refractivity contribution in [2.45, 2.75) is 40.0 Å². The van der Waals surface area contributed by atoms with Gasteiger partial charge in [0.1, 0.15) is 5.82 Å². The van der Waals surface area contributed by atoms with Gasteiger partial charge in [0.05, 0.1) is 5.69 Å². The number of nitrogens with zero attached hydrogens (tertiary/aromatic N) is 1. The largest absolute Gasteiger partial charge is 0.384 e. The van der Waals surface area contributed by atoms with E-state index in [-0.39, 0.29) is 5.41 Å². The lowest BCUT2D eigenvalue weighted by molar-refractivity contribution is 0.564. The van der Waals surface area contributed by atoms with Crippen LogP contribution in [0.1, 0.15) is 37.6 Å². The van der Waals surface area contributed by atoms with Crippen LogP contribution in [-0.2, 0) is 5.41 Å². The Kier molecular flexibility index (Phi) is 2.33. The van der Waals surface area contributed by atoms with Crippen LogP contribution in [0.2, 0.25) is 0 Å². The molecule has 0 fully saturated rings. The number of pyridine rings is 1. The topological polar surface area (TPSA) is 38.9 Å². The van der Waals surface area contributed by atoms with Crippen LogP contribution in [0.5, 0.6) is 0 Å². The molecule has 0 spiro atoms. The Morgan fingerprint density at radius 3 is 2.23 bits per heavy atom. The molecule has 0 aliphatic carbocycles. The predicted molar refractivity (Wildman–Crippen MR) is 56.8 cm³/mol. The molecule has 2 nitrogen and oxygen atoms in total. The second kappa shape index (κ2) is 3.02. The first-order chi connectivity index (χ1) is 5.82. The first-order valence-corrected chi connectivity index (χ1v) is 4.56. The van der Waals surface area contributed by atoms with Gasteiger partial charge in [-0.25, -0.2) is 4.98 Å². The van der Waals surface area contributed by atoms with Crippen LogP contribution in [0.4, 0.5) is 5.82 Å². The third-order valence-electron chi connectivity index (χ3n) is 2.26. The number of rotatable bonds is 0. The summed E-state index contributed by atoms with van der Waals surface area (Å²) in [5, 5.41) is 0. The molecule has 1 aromatic rings. The number of aromatic nitrogens is 1. The second-order valence-electron chi connectivity index (χ2n) is 4.59. The number of nitrogens with two attached hydrogens (primary N) is 1. The lowest BCUT2D eigenvalue weighted by Gasteiger charge is -2.21. The van der Waals surface area contributed by atoms with Gasteiger partial charge >= 0.3 is 0 Å². The SMILES string of the molecule is Cc1cc(N)nc(C(C)(C)C)c1C. The van der Waals surface area contributed by atoms with Crippen molar-refractivity contribution in [2.24, 2.45) is 0 Å². The average Bonchev–Trinajstić information content (AvgIpc) is 1.94. The fourth-order valence-corrected chi connectivity index (χ4v) is 1.49. The van der Waals surface area contributed by atoms with E-state index in [2.05, 4.69) is 39.6 Å². The van der Waals surface area contributed by atoms with Gasteiger partial charge < -0.3 is 5.73 Å². The summed E-state index contributed by atoms with van der Waals surface area (Å²) in [7, 11) is 0. The van der Waals surface area contributed by atoms with Gasteiger partial charge in [-0.3, -0.25) is 0 Å². The molecule has 0 radical (unpaired) electrons. The smallest absolute Gasteiger partial charge is 0.123 e. The van der Waals surface area contributed by atoms with Crippen molar-refractivity contribution in [1.29, 1.82) is 0 Å². The molecule has 72 valence electrons. The summed E-state index contributed by atoms with van der Waals surface area (Å²) in [6.45, 7) is 10.6. The number of hydrogen-bond donors (Lipinski definition) is 1. The average molecular weight is 178 g/mol. The molecule has 1 aromatic heterocycles. The number of hydrogen-bond acceptors (Lipinski definition) is 2. The summed E-state index contributed by atoms with van der Waals surface area (Å²) in [5.41, 5.74) is 9.36. The van der Waals surface area contributed by atoms with Crippen LogP contribution in [0.25, 0.3) is 0 Å². The summed E-state index contributed by atoms with van der Waals surface area (Å²) in [6, 6.07) is 1.92. The van der Waals surface area contributed by atoms with Gasteiger partial charge in [0, 0.05) is 5.41 Å². The molecule has 0 aliphatic heterocycles. The minimum absolute atomic E-state index is 0.0736. The van der Waals surface area contributed by atoms with Crippen molar-refractivity contribution >= 4 is 5.82 Å². The zero-order valence-electron chi connectivity index (χ0n) is 9.10. The van der Waals surface area contributed by atoms with Gasteiger partial charge in [-0.2, -0.15) is 0 Å². The molecule has 2 N–H and O–H groups in total. The Morgan fingerprint density at radius 1 is 1.23 bits per heavy atom. The van der Waals surface area contributed by atoms with Gasteiger partial charge in [0.25, 0.3) is 0 Å². The number of anilines is 1. The van der Waals surface area contributed by atoms with Gasteiger partial charge in [0.15, 0.2) is 0 Å². The highest BCUT2D eigenvalue weighted by atomic mass is 14.8. The van der Waals surface area contributed by atoms with Crippen molar-refractivity contribution in [3.05, 3.63) is 22.9 Å². The highest BCUT2D eigenvalue weighted by Crippen LogP contribution is 2.26. The molecule has 1 rings (SSSR count). The van der Waals surface area contributed by atoms with E-state index in [4.69, 9.17) is 5.73 Å². The quantitative estimate of drug-likeness (QED) is 0.663. The summed E-state index contributed by atoms with van der Waals surface area (Å²) < 4.78 is 0. The van der Waals surface area contributed by atoms with Crippen LogP contribution in [0, 0.1) is 13.8 Å². The van der Waals surface area contributed by atoms with Gasteiger partial charge in [-0.1, -0.05) is 20.8 Å². The standard InChI is InChI=1S/C11H18N2/c1-7-6-9(12)13-10(8(7)2)11(3,4)5/h6H,1-5H3,(H2,12,13). The van der Waals surface area contributed by atoms with Gasteiger partial charge in [0.2, 0.25) is 0 Å². The van der Waals surface area contributed by atoms with Crippen LogP contribution in [0.3, 0.4) is 0 Å². The van der Waals surface area contributed by atoms with E-state index < -0.39 is 0 Å². The molecule has 13 heavy (non-hydrogen) atoms. The van der Waals surface area contributed by atoms with Crippen molar-refractivity contribution in [3.8, 4) is 0 Å². The lowest BCUT2D eigenvalue weighted by atomic mass is 9.87. The predicted octanol–water partition coefficient (Wildman–Crippen LogP) is 2.58. The summed E-state index contributed by atoms with van der Waals surface area (Å²) >= 11 is 0. The van der Waals surface area contributed by atoms with E-state index in [1.165, 1.54) is 11.1 Å². The lowest BCUT2D eigenvalue weighted by Crippen LogP contribution is -2.17. The van der Waals surface area contributed by atoms with E-state index in [1.807, 2.05) is 6.07 Å². The maximum Gasteiger partial charge on any atom is 0.123 e. The first-order valence-electron chi connectivity index (χ1n) is 4.56. The zero-order chi connectivity index (χ0) is 10.2. The minimum Gasteiger partial charge on any atom is -0.384 e. The van der Waals surface area contributed by atoms with E-state index in [1.54, 1.807) is 0 Å². The third kappa shape index (κ3) is 2.00. The van der Waals surface area contributed by atoms with E-state index in [0.29, 0.717) is 5.82 Å². The number of aryl methyl sites for hydroxylation is 1. The Labute approximate surface area is 80.2 Å². The molecule has 0 aromatic carbocycles. The minimum atomic E-state index is 0.0736. The Morgan fingerprint density at radius 2 is 1.77 bits per heavy atom. The maximum absolute atomic E-state index is 5.71. The van der Waals surface area contributed by atoms with Crippen molar-refractivity contribution in [1.82, 2.24) is 4.98 Å². The third-order valence-corrected chi connectivity index (χ3v) is 2.26.